The highest BCUT2D eigenvalue weighted by molar-refractivity contribution is 6.06. The van der Waals surface area contributed by atoms with E-state index in [1.807, 2.05) is 31.2 Å². The third-order valence-corrected chi connectivity index (χ3v) is 5.34. The summed E-state index contributed by atoms with van der Waals surface area (Å²) in [5.41, 5.74) is 1.82. The van der Waals surface area contributed by atoms with E-state index in [4.69, 9.17) is 4.74 Å². The molecule has 4 nitrogen and oxygen atoms in total. The van der Waals surface area contributed by atoms with Crippen LogP contribution in [0.25, 0.3) is 0 Å². The number of aryl methyl sites for hydroxylation is 1. The van der Waals surface area contributed by atoms with Crippen LogP contribution in [0.1, 0.15) is 36.0 Å². The van der Waals surface area contributed by atoms with Gasteiger partial charge in [0.2, 0.25) is 5.91 Å². The number of halogens is 3. The highest BCUT2D eigenvalue weighted by atomic mass is 19.4. The Labute approximate surface area is 165 Å². The molecule has 2 heterocycles. The number of amides is 1. The largest absolute Gasteiger partial charge is 0.456 e. The molecule has 7 heteroatoms. The highest BCUT2D eigenvalue weighted by Crippen LogP contribution is 2.42. The Hall–Kier alpha value is -3.09. The molecule has 0 unspecified atom stereocenters. The van der Waals surface area contributed by atoms with Crippen LogP contribution in [0.4, 0.5) is 18.9 Å². The molecule has 0 N–H and O–H groups in total. The lowest BCUT2D eigenvalue weighted by Crippen LogP contribution is -2.37. The summed E-state index contributed by atoms with van der Waals surface area (Å²) in [6.07, 6.45) is -3.68. The predicted octanol–water partition coefficient (Wildman–Crippen LogP) is 4.60. The summed E-state index contributed by atoms with van der Waals surface area (Å²) >= 11 is 0. The van der Waals surface area contributed by atoms with E-state index in [0.717, 1.165) is 29.7 Å². The molecule has 1 amide bonds. The molecule has 2 aliphatic rings. The third kappa shape index (κ3) is 3.41. The van der Waals surface area contributed by atoms with Crippen LogP contribution in [0.2, 0.25) is 0 Å². The predicted molar refractivity (Wildman–Crippen MR) is 100 cm³/mol. The van der Waals surface area contributed by atoms with E-state index in [1.54, 1.807) is 0 Å². The number of esters is 1. The van der Waals surface area contributed by atoms with Gasteiger partial charge in [-0.15, -0.1) is 0 Å². The number of hydrogen-bond donors (Lipinski definition) is 0. The van der Waals surface area contributed by atoms with E-state index in [-0.39, 0.29) is 24.6 Å². The van der Waals surface area contributed by atoms with Crippen molar-refractivity contribution < 1.29 is 27.5 Å². The number of ether oxygens (including phenoxy) is 1. The molecule has 2 aromatic rings. The summed E-state index contributed by atoms with van der Waals surface area (Å²) in [7, 11) is 0. The van der Waals surface area contributed by atoms with Gasteiger partial charge < -0.3 is 4.74 Å². The van der Waals surface area contributed by atoms with Crippen molar-refractivity contribution in [1.29, 1.82) is 0 Å². The van der Waals surface area contributed by atoms with Gasteiger partial charge in [0.1, 0.15) is 6.61 Å². The second kappa shape index (κ2) is 7.06. The van der Waals surface area contributed by atoms with Crippen LogP contribution in [-0.4, -0.2) is 18.5 Å². The monoisotopic (exact) mass is 401 g/mol. The van der Waals surface area contributed by atoms with E-state index in [0.29, 0.717) is 11.3 Å². The van der Waals surface area contributed by atoms with Crippen LogP contribution in [0.15, 0.2) is 59.8 Å². The summed E-state index contributed by atoms with van der Waals surface area (Å²) in [6, 6.07) is 12.2. The van der Waals surface area contributed by atoms with Gasteiger partial charge in [0.15, 0.2) is 0 Å². The number of anilines is 1. The maximum absolute atomic E-state index is 13.1. The van der Waals surface area contributed by atoms with Crippen LogP contribution in [0.5, 0.6) is 0 Å². The third-order valence-electron chi connectivity index (χ3n) is 5.34. The lowest BCUT2D eigenvalue weighted by atomic mass is 9.83. The molecule has 150 valence electrons. The molecule has 0 bridgehead atoms. The van der Waals surface area contributed by atoms with Crippen molar-refractivity contribution in [2.75, 3.05) is 11.5 Å². The maximum atomic E-state index is 13.1. The standard InChI is InChI=1S/C22H18F3NO3/c1-2-13-6-8-14(9-7-13)17-11-19(27)26(18-12-29-21(28)20(17)18)16-5-3-4-15(10-16)22(23,24)25/h3-10,17H,2,11-12H2,1H3/t17-/m0/s1. The average molecular weight is 401 g/mol. The zero-order chi connectivity index (χ0) is 20.8. The van der Waals surface area contributed by atoms with Gasteiger partial charge in [0, 0.05) is 18.0 Å². The first-order valence-corrected chi connectivity index (χ1v) is 9.28. The molecule has 0 aliphatic carbocycles. The normalized spacial score (nSPS) is 19.4. The first-order chi connectivity index (χ1) is 13.8. The molecule has 0 saturated carbocycles. The van der Waals surface area contributed by atoms with E-state index < -0.39 is 23.6 Å². The minimum Gasteiger partial charge on any atom is -0.456 e. The molecule has 0 saturated heterocycles. The van der Waals surface area contributed by atoms with E-state index in [1.165, 1.54) is 17.0 Å². The fourth-order valence-corrected chi connectivity index (χ4v) is 3.85. The Morgan fingerprint density at radius 2 is 1.83 bits per heavy atom. The molecule has 0 fully saturated rings. The molecular weight excluding hydrogens is 383 g/mol. The lowest BCUT2D eigenvalue weighted by molar-refractivity contribution is -0.138. The van der Waals surface area contributed by atoms with Crippen molar-refractivity contribution in [3.8, 4) is 0 Å². The number of benzene rings is 2. The van der Waals surface area contributed by atoms with Gasteiger partial charge in [0.25, 0.3) is 0 Å². The number of hydrogen-bond acceptors (Lipinski definition) is 3. The SMILES string of the molecule is CCc1ccc([C@@H]2CC(=O)N(c3cccc(C(F)(F)F)c3)C3=C2C(=O)OC3)cc1. The molecule has 0 aromatic heterocycles. The Balaban J connectivity index is 1.78. The van der Waals surface area contributed by atoms with Gasteiger partial charge in [-0.05, 0) is 35.7 Å². The number of carbonyl (C=O) groups is 2. The number of cyclic esters (lactones) is 1. The summed E-state index contributed by atoms with van der Waals surface area (Å²) in [4.78, 5) is 26.6. The summed E-state index contributed by atoms with van der Waals surface area (Å²) in [5.74, 6) is -1.37. The van der Waals surface area contributed by atoms with Gasteiger partial charge >= 0.3 is 12.1 Å². The Morgan fingerprint density at radius 1 is 1.10 bits per heavy atom. The topological polar surface area (TPSA) is 46.6 Å². The number of alkyl halides is 3. The van der Waals surface area contributed by atoms with Gasteiger partial charge in [0.05, 0.1) is 16.8 Å². The Bertz CT molecular complexity index is 1010. The maximum Gasteiger partial charge on any atom is 0.416 e. The molecule has 4 rings (SSSR count). The molecule has 2 aromatic carbocycles. The van der Waals surface area contributed by atoms with E-state index in [9.17, 15) is 22.8 Å². The first kappa shape index (κ1) is 19.2. The molecule has 2 aliphatic heterocycles. The quantitative estimate of drug-likeness (QED) is 0.707. The van der Waals surface area contributed by atoms with E-state index in [2.05, 4.69) is 0 Å². The van der Waals surface area contributed by atoms with Crippen molar-refractivity contribution in [1.82, 2.24) is 0 Å². The fourth-order valence-electron chi connectivity index (χ4n) is 3.85. The molecule has 1 atom stereocenters. The lowest BCUT2D eigenvalue weighted by Gasteiger charge is -2.32. The zero-order valence-corrected chi connectivity index (χ0v) is 15.6. The van der Waals surface area contributed by atoms with Crippen LogP contribution in [0, 0.1) is 0 Å². The minimum atomic E-state index is -4.53. The Morgan fingerprint density at radius 3 is 2.48 bits per heavy atom. The summed E-state index contributed by atoms with van der Waals surface area (Å²) < 4.78 is 44.5. The summed E-state index contributed by atoms with van der Waals surface area (Å²) in [6.45, 7) is 1.89. The van der Waals surface area contributed by atoms with Crippen molar-refractivity contribution in [3.05, 3.63) is 76.5 Å². The molecule has 29 heavy (non-hydrogen) atoms. The molecular formula is C22H18F3NO3. The zero-order valence-electron chi connectivity index (χ0n) is 15.6. The first-order valence-electron chi connectivity index (χ1n) is 9.28. The molecule has 0 radical (unpaired) electrons. The second-order valence-electron chi connectivity index (χ2n) is 7.07. The van der Waals surface area contributed by atoms with E-state index >= 15 is 0 Å². The number of rotatable bonds is 3. The van der Waals surface area contributed by atoms with Gasteiger partial charge in [-0.3, -0.25) is 9.69 Å². The van der Waals surface area contributed by atoms with Gasteiger partial charge in [-0.1, -0.05) is 37.3 Å². The van der Waals surface area contributed by atoms with Crippen LogP contribution in [0.3, 0.4) is 0 Å². The van der Waals surface area contributed by atoms with Crippen molar-refractivity contribution in [3.63, 3.8) is 0 Å². The summed E-state index contributed by atoms with van der Waals surface area (Å²) in [5, 5.41) is 0. The smallest absolute Gasteiger partial charge is 0.416 e. The van der Waals surface area contributed by atoms with Crippen molar-refractivity contribution in [2.45, 2.75) is 31.9 Å². The van der Waals surface area contributed by atoms with Crippen molar-refractivity contribution >= 4 is 17.6 Å². The van der Waals surface area contributed by atoms with Crippen molar-refractivity contribution in [2.24, 2.45) is 0 Å². The minimum absolute atomic E-state index is 0.0182. The molecule has 0 spiro atoms. The van der Waals surface area contributed by atoms with Crippen LogP contribution in [-0.2, 0) is 26.9 Å². The van der Waals surface area contributed by atoms with Gasteiger partial charge in [-0.2, -0.15) is 13.2 Å². The van der Waals surface area contributed by atoms with Crippen LogP contribution >= 0.6 is 0 Å². The number of carbonyl (C=O) groups excluding carboxylic acids is 2. The van der Waals surface area contributed by atoms with Gasteiger partial charge in [-0.25, -0.2) is 4.79 Å². The second-order valence-corrected chi connectivity index (χ2v) is 7.07. The van der Waals surface area contributed by atoms with Crippen LogP contribution < -0.4 is 4.90 Å². The average Bonchev–Trinajstić information content (AvgIpc) is 3.08. The number of nitrogens with zero attached hydrogens (tertiary/aromatic N) is 1. The fraction of sp³-hybridized carbons (Fsp3) is 0.273. The Kier molecular flexibility index (Phi) is 4.68. The highest BCUT2D eigenvalue weighted by Gasteiger charge is 2.43.